The second kappa shape index (κ2) is 15.8. The van der Waals surface area contributed by atoms with Gasteiger partial charge in [-0.3, -0.25) is 0 Å². The molecule has 2 N–H and O–H groups in total. The van der Waals surface area contributed by atoms with E-state index in [-0.39, 0.29) is 10.8 Å². The van der Waals surface area contributed by atoms with E-state index in [2.05, 4.69) is 190 Å². The Hall–Kier alpha value is -8.29. The molecule has 0 saturated carbocycles. The van der Waals surface area contributed by atoms with Crippen molar-refractivity contribution >= 4 is 45.6 Å². The molecule has 7 heteroatoms. The van der Waals surface area contributed by atoms with Crippen molar-refractivity contribution in [2.75, 3.05) is 15.5 Å². The summed E-state index contributed by atoms with van der Waals surface area (Å²) in [7, 11) is 0. The van der Waals surface area contributed by atoms with Gasteiger partial charge >= 0.3 is 0 Å². The number of nitrogens with two attached hydrogens (primary N) is 1. The molecular formula is C59H48N6O. The van der Waals surface area contributed by atoms with Gasteiger partial charge in [0.1, 0.15) is 11.5 Å². The highest BCUT2D eigenvalue weighted by Gasteiger charge is 2.38. The number of aromatic nitrogens is 3. The molecule has 7 nitrogen and oxygen atoms in total. The minimum absolute atomic E-state index is 0.145. The van der Waals surface area contributed by atoms with E-state index in [1.807, 2.05) is 42.5 Å². The number of para-hydroxylation sites is 6. The van der Waals surface area contributed by atoms with Crippen molar-refractivity contribution in [3.05, 3.63) is 229 Å². The van der Waals surface area contributed by atoms with Gasteiger partial charge in [0.05, 0.1) is 28.4 Å². The number of nitrogens with zero attached hydrogens (tertiary/aromatic N) is 5. The Morgan fingerprint density at radius 1 is 0.424 bits per heavy atom. The molecule has 0 atom stereocenters. The molecule has 1 aromatic heterocycles. The molecular weight excluding hydrogens is 809 g/mol. The molecule has 320 valence electrons. The Labute approximate surface area is 386 Å². The third-order valence-corrected chi connectivity index (χ3v) is 13.3. The van der Waals surface area contributed by atoms with E-state index < -0.39 is 0 Å². The lowest BCUT2D eigenvalue weighted by atomic mass is 9.73. The van der Waals surface area contributed by atoms with Crippen LogP contribution in [0.15, 0.2) is 201 Å². The van der Waals surface area contributed by atoms with Crippen LogP contribution in [0.5, 0.6) is 5.75 Å². The summed E-state index contributed by atoms with van der Waals surface area (Å²) in [6.07, 6.45) is 0. The van der Waals surface area contributed by atoms with Crippen LogP contribution >= 0.6 is 0 Å². The van der Waals surface area contributed by atoms with Crippen LogP contribution in [0.3, 0.4) is 0 Å². The zero-order chi connectivity index (χ0) is 45.2. The first-order valence-corrected chi connectivity index (χ1v) is 22.3. The Morgan fingerprint density at radius 3 is 1.11 bits per heavy atom. The van der Waals surface area contributed by atoms with Gasteiger partial charge in [0.15, 0.2) is 17.5 Å². The molecule has 11 rings (SSSR count). The first kappa shape index (κ1) is 40.5. The van der Waals surface area contributed by atoms with Crippen LogP contribution in [0, 0.1) is 0 Å². The van der Waals surface area contributed by atoms with Gasteiger partial charge in [0.2, 0.25) is 0 Å². The fourth-order valence-corrected chi connectivity index (χ4v) is 9.75. The molecule has 0 unspecified atom stereocenters. The maximum absolute atomic E-state index is 6.17. The number of hydrogen-bond acceptors (Lipinski definition) is 7. The molecule has 2 aliphatic rings. The van der Waals surface area contributed by atoms with Crippen molar-refractivity contribution < 1.29 is 4.74 Å². The fraction of sp³-hybridized carbons (Fsp3) is 0.102. The van der Waals surface area contributed by atoms with Crippen molar-refractivity contribution in [3.63, 3.8) is 0 Å². The van der Waals surface area contributed by atoms with Gasteiger partial charge in [-0.2, -0.15) is 0 Å². The Balaban J connectivity index is 0.981. The average molecular weight is 857 g/mol. The summed E-state index contributed by atoms with van der Waals surface area (Å²) in [5.41, 5.74) is 21.8. The lowest BCUT2D eigenvalue weighted by Crippen LogP contribution is -2.30. The van der Waals surface area contributed by atoms with E-state index in [1.54, 1.807) is 6.07 Å². The second-order valence-corrected chi connectivity index (χ2v) is 18.0. The number of ether oxygens (including phenoxy) is 1. The normalized spacial score (nSPS) is 14.1. The summed E-state index contributed by atoms with van der Waals surface area (Å²) < 4.78 is 6.07. The molecule has 0 amide bonds. The van der Waals surface area contributed by atoms with E-state index in [9.17, 15) is 0 Å². The van der Waals surface area contributed by atoms with Crippen LogP contribution in [0.4, 0.5) is 39.8 Å². The molecule has 0 fully saturated rings. The van der Waals surface area contributed by atoms with Crippen LogP contribution in [-0.4, -0.2) is 15.0 Å². The molecule has 0 saturated heterocycles. The van der Waals surface area contributed by atoms with Gasteiger partial charge in [-0.15, -0.1) is 0 Å². The average Bonchev–Trinajstić information content (AvgIpc) is 3.35. The maximum Gasteiger partial charge on any atom is 0.164 e. The van der Waals surface area contributed by atoms with Crippen LogP contribution in [-0.2, 0) is 10.8 Å². The monoisotopic (exact) mass is 856 g/mol. The van der Waals surface area contributed by atoms with Crippen molar-refractivity contribution in [2.45, 2.75) is 38.5 Å². The van der Waals surface area contributed by atoms with Crippen LogP contribution in [0.25, 0.3) is 39.9 Å². The second-order valence-electron chi connectivity index (χ2n) is 18.0. The van der Waals surface area contributed by atoms with Gasteiger partial charge < -0.3 is 20.3 Å². The molecule has 66 heavy (non-hydrogen) atoms. The number of benzene rings is 8. The van der Waals surface area contributed by atoms with Crippen LogP contribution < -0.4 is 20.3 Å². The third kappa shape index (κ3) is 6.79. The van der Waals surface area contributed by atoms with Gasteiger partial charge in [0, 0.05) is 44.5 Å². The number of fused-ring (bicyclic) bond motifs is 4. The van der Waals surface area contributed by atoms with E-state index in [1.165, 1.54) is 45.0 Å². The minimum Gasteiger partial charge on any atom is -0.455 e. The topological polar surface area (TPSA) is 80.4 Å². The van der Waals surface area contributed by atoms with E-state index >= 15 is 0 Å². The number of anilines is 7. The van der Waals surface area contributed by atoms with Crippen molar-refractivity contribution in [1.82, 2.24) is 15.0 Å². The van der Waals surface area contributed by atoms with Crippen molar-refractivity contribution in [3.8, 4) is 39.9 Å². The molecule has 0 bridgehead atoms. The van der Waals surface area contributed by atoms with E-state index in [0.29, 0.717) is 34.7 Å². The first-order valence-electron chi connectivity index (χ1n) is 22.3. The van der Waals surface area contributed by atoms with Gasteiger partial charge in [-0.05, 0) is 107 Å². The summed E-state index contributed by atoms with van der Waals surface area (Å²) in [5, 5.41) is 0. The quantitative estimate of drug-likeness (QED) is 0.120. The van der Waals surface area contributed by atoms with Crippen molar-refractivity contribution in [2.24, 2.45) is 0 Å². The summed E-state index contributed by atoms with van der Waals surface area (Å²) in [5.74, 6) is 2.75. The number of nitrogen functional groups attached to an aromatic ring is 1. The number of rotatable bonds is 8. The zero-order valence-corrected chi connectivity index (χ0v) is 37.4. The highest BCUT2D eigenvalue weighted by atomic mass is 16.5. The fourth-order valence-electron chi connectivity index (χ4n) is 9.75. The Kier molecular flexibility index (Phi) is 9.66. The largest absolute Gasteiger partial charge is 0.455 e. The smallest absolute Gasteiger partial charge is 0.164 e. The molecule has 9 aromatic rings. The number of hydrogen-bond donors (Lipinski definition) is 1. The highest BCUT2D eigenvalue weighted by Crippen LogP contribution is 2.53. The molecule has 8 aromatic carbocycles. The third-order valence-electron chi connectivity index (χ3n) is 13.3. The molecule has 3 heterocycles. The van der Waals surface area contributed by atoms with E-state index in [0.717, 1.165) is 33.6 Å². The summed E-state index contributed by atoms with van der Waals surface area (Å²) in [6, 6.07) is 67.2. The standard InChI is InChI=1S/C59H48N6O/c1-38(66-54-25-15-10-20-49(54)60)39-26-28-40(29-27-39)55-61-56(41-30-34-43(35-31-41)64-50-21-11-6-16-45(50)58(2,3)46-17-7-12-22-51(46)64)63-57(62-55)42-32-36-44(37-33-42)65-52-23-13-8-18-47(52)59(4,5)48-19-9-14-24-53(48)65/h6-37H,1,60H2,2-5H3. The molecule has 0 radical (unpaired) electrons. The Bertz CT molecular complexity index is 3050. The lowest BCUT2D eigenvalue weighted by Gasteiger charge is -2.42. The highest BCUT2D eigenvalue weighted by molar-refractivity contribution is 5.88. The predicted molar refractivity (Wildman–Crippen MR) is 270 cm³/mol. The summed E-state index contributed by atoms with van der Waals surface area (Å²) in [4.78, 5) is 20.1. The van der Waals surface area contributed by atoms with Gasteiger partial charge in [-0.25, -0.2) is 15.0 Å². The van der Waals surface area contributed by atoms with Gasteiger partial charge in [-0.1, -0.05) is 143 Å². The summed E-state index contributed by atoms with van der Waals surface area (Å²) >= 11 is 0. The first-order chi connectivity index (χ1) is 32.1. The SMILES string of the molecule is C=C(Oc1ccccc1N)c1ccc(-c2nc(-c3ccc(N4c5ccccc5C(C)(C)c5ccccc54)cc3)nc(-c3ccc(N4c5ccccc5C(C)(C)c5ccccc54)cc3)n2)cc1. The Morgan fingerprint density at radius 2 is 0.742 bits per heavy atom. The minimum atomic E-state index is -0.145. The molecule has 2 aliphatic heterocycles. The lowest BCUT2D eigenvalue weighted by molar-refractivity contribution is 0.519. The predicted octanol–water partition coefficient (Wildman–Crippen LogP) is 14.7. The summed E-state index contributed by atoms with van der Waals surface area (Å²) in [6.45, 7) is 13.4. The van der Waals surface area contributed by atoms with Gasteiger partial charge in [0.25, 0.3) is 0 Å². The maximum atomic E-state index is 6.17. The zero-order valence-electron chi connectivity index (χ0n) is 37.4. The molecule has 0 spiro atoms. The van der Waals surface area contributed by atoms with Crippen LogP contribution in [0.2, 0.25) is 0 Å². The van der Waals surface area contributed by atoms with E-state index in [4.69, 9.17) is 25.4 Å². The van der Waals surface area contributed by atoms with Crippen molar-refractivity contribution in [1.29, 1.82) is 0 Å². The molecule has 0 aliphatic carbocycles. The van der Waals surface area contributed by atoms with Crippen LogP contribution in [0.1, 0.15) is 55.5 Å².